The molecular weight excluding hydrogens is 322 g/mol. The number of piperidine rings is 1. The Hall–Kier alpha value is -1.51. The first-order chi connectivity index (χ1) is 12.7. The van der Waals surface area contributed by atoms with E-state index in [4.69, 9.17) is 5.26 Å². The smallest absolute Gasteiger partial charge is 0.104 e. The van der Waals surface area contributed by atoms with E-state index in [1.807, 2.05) is 0 Å². The first-order valence-electron chi connectivity index (χ1n) is 10.4. The second-order valence-corrected chi connectivity index (χ2v) is 8.04. The maximum absolute atomic E-state index is 8.93. The highest BCUT2D eigenvalue weighted by Gasteiger charge is 2.28. The van der Waals surface area contributed by atoms with Gasteiger partial charge in [-0.25, -0.2) is 0 Å². The van der Waals surface area contributed by atoms with Gasteiger partial charge in [0.25, 0.3) is 0 Å². The highest BCUT2D eigenvalue weighted by atomic mass is 15.3. The summed E-state index contributed by atoms with van der Waals surface area (Å²) in [6.45, 7) is 13.5. The SMILES string of the molecule is CC(C)N1CCC(N2CCCN(C3=CC=CCN3CCC#N)CC2)CC1. The van der Waals surface area contributed by atoms with Gasteiger partial charge in [0.2, 0.25) is 0 Å². The summed E-state index contributed by atoms with van der Waals surface area (Å²) < 4.78 is 0. The Bertz CT molecular complexity index is 539. The first kappa shape index (κ1) is 19.3. The molecule has 5 heteroatoms. The molecule has 0 unspecified atom stereocenters. The topological polar surface area (TPSA) is 36.8 Å². The maximum Gasteiger partial charge on any atom is 0.104 e. The lowest BCUT2D eigenvalue weighted by Crippen LogP contribution is -2.48. The van der Waals surface area contributed by atoms with E-state index in [2.05, 4.69) is 57.7 Å². The maximum atomic E-state index is 8.93. The van der Waals surface area contributed by atoms with Gasteiger partial charge in [-0.15, -0.1) is 0 Å². The fraction of sp³-hybridized carbons (Fsp3) is 0.762. The number of rotatable bonds is 5. The van der Waals surface area contributed by atoms with Crippen molar-refractivity contribution >= 4 is 0 Å². The third-order valence-corrected chi connectivity index (χ3v) is 6.12. The third kappa shape index (κ3) is 4.81. The summed E-state index contributed by atoms with van der Waals surface area (Å²) in [4.78, 5) is 10.3. The molecule has 144 valence electrons. The Kier molecular flexibility index (Phi) is 6.99. The van der Waals surface area contributed by atoms with Crippen LogP contribution >= 0.6 is 0 Å². The molecule has 0 atom stereocenters. The van der Waals surface area contributed by atoms with Gasteiger partial charge in [0.1, 0.15) is 5.82 Å². The van der Waals surface area contributed by atoms with Crippen molar-refractivity contribution in [1.29, 1.82) is 5.26 Å². The number of hydrogen-bond acceptors (Lipinski definition) is 5. The van der Waals surface area contributed by atoms with Crippen LogP contribution in [-0.4, -0.2) is 84.0 Å². The molecule has 0 aromatic heterocycles. The average Bonchev–Trinajstić information content (AvgIpc) is 2.93. The molecule has 0 radical (unpaired) electrons. The van der Waals surface area contributed by atoms with Crippen molar-refractivity contribution in [2.75, 3.05) is 52.4 Å². The van der Waals surface area contributed by atoms with Gasteiger partial charge in [0, 0.05) is 51.4 Å². The van der Waals surface area contributed by atoms with Crippen LogP contribution in [0.4, 0.5) is 0 Å². The van der Waals surface area contributed by atoms with Gasteiger partial charge in [-0.2, -0.15) is 5.26 Å². The van der Waals surface area contributed by atoms with Crippen LogP contribution in [-0.2, 0) is 0 Å². The van der Waals surface area contributed by atoms with Crippen molar-refractivity contribution in [2.45, 2.75) is 51.6 Å². The van der Waals surface area contributed by atoms with Gasteiger partial charge in [-0.1, -0.05) is 12.2 Å². The average molecular weight is 358 g/mol. The van der Waals surface area contributed by atoms with Crippen LogP contribution in [0.3, 0.4) is 0 Å². The first-order valence-corrected chi connectivity index (χ1v) is 10.4. The van der Waals surface area contributed by atoms with E-state index in [0.29, 0.717) is 12.5 Å². The minimum atomic E-state index is 0.597. The molecule has 0 bridgehead atoms. The number of nitrogens with zero attached hydrogens (tertiary/aromatic N) is 5. The molecule has 0 aromatic rings. The van der Waals surface area contributed by atoms with E-state index >= 15 is 0 Å². The van der Waals surface area contributed by atoms with E-state index in [0.717, 1.165) is 32.2 Å². The number of likely N-dealkylation sites (tertiary alicyclic amines) is 1. The highest BCUT2D eigenvalue weighted by Crippen LogP contribution is 2.22. The Morgan fingerprint density at radius 1 is 1.12 bits per heavy atom. The highest BCUT2D eigenvalue weighted by molar-refractivity contribution is 5.17. The zero-order valence-electron chi connectivity index (χ0n) is 16.6. The third-order valence-electron chi connectivity index (χ3n) is 6.12. The van der Waals surface area contributed by atoms with Crippen LogP contribution in [0.2, 0.25) is 0 Å². The van der Waals surface area contributed by atoms with Crippen molar-refractivity contribution in [1.82, 2.24) is 19.6 Å². The van der Waals surface area contributed by atoms with Crippen LogP contribution in [0, 0.1) is 11.3 Å². The molecule has 2 saturated heterocycles. The van der Waals surface area contributed by atoms with Gasteiger partial charge in [-0.3, -0.25) is 4.90 Å². The van der Waals surface area contributed by atoms with Gasteiger partial charge in [0.05, 0.1) is 12.5 Å². The Morgan fingerprint density at radius 3 is 2.65 bits per heavy atom. The Morgan fingerprint density at radius 2 is 1.92 bits per heavy atom. The van der Waals surface area contributed by atoms with Crippen LogP contribution in [0.25, 0.3) is 0 Å². The Balaban J connectivity index is 1.54. The van der Waals surface area contributed by atoms with Gasteiger partial charge < -0.3 is 14.7 Å². The number of nitriles is 1. The number of hydrogen-bond donors (Lipinski definition) is 0. The van der Waals surface area contributed by atoms with E-state index in [-0.39, 0.29) is 0 Å². The quantitative estimate of drug-likeness (QED) is 0.756. The molecule has 0 saturated carbocycles. The summed E-state index contributed by atoms with van der Waals surface area (Å²) in [7, 11) is 0. The summed E-state index contributed by atoms with van der Waals surface area (Å²) in [6, 6.07) is 3.73. The lowest BCUT2D eigenvalue weighted by atomic mass is 10.0. The van der Waals surface area contributed by atoms with Crippen molar-refractivity contribution in [3.8, 4) is 6.07 Å². The lowest BCUT2D eigenvalue weighted by molar-refractivity contribution is 0.0939. The molecule has 2 fully saturated rings. The van der Waals surface area contributed by atoms with Crippen molar-refractivity contribution in [3.63, 3.8) is 0 Å². The largest absolute Gasteiger partial charge is 0.357 e. The normalized spacial score (nSPS) is 23.8. The van der Waals surface area contributed by atoms with Crippen LogP contribution in [0.15, 0.2) is 24.0 Å². The van der Waals surface area contributed by atoms with Crippen LogP contribution in [0.5, 0.6) is 0 Å². The minimum absolute atomic E-state index is 0.597. The van der Waals surface area contributed by atoms with E-state index in [1.165, 1.54) is 51.3 Å². The predicted octanol–water partition coefficient (Wildman–Crippen LogP) is 2.49. The molecule has 26 heavy (non-hydrogen) atoms. The lowest BCUT2D eigenvalue weighted by Gasteiger charge is -2.40. The molecule has 0 amide bonds. The summed E-state index contributed by atoms with van der Waals surface area (Å²) in [5.41, 5.74) is 0. The molecule has 0 N–H and O–H groups in total. The predicted molar refractivity (Wildman–Crippen MR) is 107 cm³/mol. The van der Waals surface area contributed by atoms with Crippen molar-refractivity contribution in [2.24, 2.45) is 0 Å². The second-order valence-electron chi connectivity index (χ2n) is 8.04. The van der Waals surface area contributed by atoms with E-state index < -0.39 is 0 Å². The number of allylic oxidation sites excluding steroid dienone is 2. The van der Waals surface area contributed by atoms with Crippen molar-refractivity contribution < 1.29 is 0 Å². The molecule has 3 aliphatic heterocycles. The zero-order chi connectivity index (χ0) is 18.4. The monoisotopic (exact) mass is 357 g/mol. The summed E-state index contributed by atoms with van der Waals surface area (Å²) in [5, 5.41) is 8.93. The molecule has 3 heterocycles. The molecule has 5 nitrogen and oxygen atoms in total. The second kappa shape index (κ2) is 9.43. The van der Waals surface area contributed by atoms with Gasteiger partial charge in [-0.05, 0) is 52.3 Å². The molecule has 0 spiro atoms. The summed E-state index contributed by atoms with van der Waals surface area (Å²) in [5.74, 6) is 1.32. The summed E-state index contributed by atoms with van der Waals surface area (Å²) in [6.07, 6.45) is 11.1. The van der Waals surface area contributed by atoms with E-state index in [9.17, 15) is 0 Å². The van der Waals surface area contributed by atoms with E-state index in [1.54, 1.807) is 0 Å². The fourth-order valence-electron chi connectivity index (χ4n) is 4.54. The molecular formula is C21H35N5. The van der Waals surface area contributed by atoms with Gasteiger partial charge in [0.15, 0.2) is 0 Å². The molecule has 3 aliphatic rings. The van der Waals surface area contributed by atoms with Crippen LogP contribution < -0.4 is 0 Å². The molecule has 0 aliphatic carbocycles. The Labute approximate surface area is 159 Å². The standard InChI is InChI=1S/C21H35N5/c1-19(2)23-15-8-20(9-16-23)24-13-6-14-26(18-17-24)21-7-3-4-11-25(21)12-5-10-22/h3-4,7,19-20H,5-6,8-9,11-18H2,1-2H3. The molecule has 3 rings (SSSR count). The molecule has 0 aromatic carbocycles. The zero-order valence-corrected chi connectivity index (χ0v) is 16.6. The van der Waals surface area contributed by atoms with Crippen molar-refractivity contribution in [3.05, 3.63) is 24.0 Å². The minimum Gasteiger partial charge on any atom is -0.357 e. The van der Waals surface area contributed by atoms with Gasteiger partial charge >= 0.3 is 0 Å². The summed E-state index contributed by atoms with van der Waals surface area (Å²) >= 11 is 0. The van der Waals surface area contributed by atoms with Crippen LogP contribution in [0.1, 0.15) is 39.5 Å². The fourth-order valence-corrected chi connectivity index (χ4v) is 4.54.